The van der Waals surface area contributed by atoms with E-state index in [2.05, 4.69) is 34.1 Å². The van der Waals surface area contributed by atoms with Gasteiger partial charge < -0.3 is 9.30 Å². The van der Waals surface area contributed by atoms with Crippen LogP contribution in [0.3, 0.4) is 0 Å². The van der Waals surface area contributed by atoms with Gasteiger partial charge in [-0.1, -0.05) is 0 Å². The van der Waals surface area contributed by atoms with Crippen LogP contribution < -0.4 is 4.74 Å². The molecule has 0 spiro atoms. The molecule has 3 aromatic rings. The maximum absolute atomic E-state index is 5.23. The first-order chi connectivity index (χ1) is 8.86. The van der Waals surface area contributed by atoms with Crippen LogP contribution in [-0.4, -0.2) is 21.5 Å². The standard InChI is InChI=1S/C14H15N3O/c1-18-13-3-4-14-12(11-13)5-8-16(14)9-10-17-7-2-6-15-17/h2-8,11H,9-10H2,1H3. The highest BCUT2D eigenvalue weighted by Gasteiger charge is 2.02. The number of hydrogen-bond acceptors (Lipinski definition) is 2. The van der Waals surface area contributed by atoms with Crippen LogP contribution >= 0.6 is 0 Å². The molecule has 3 rings (SSSR count). The number of benzene rings is 1. The van der Waals surface area contributed by atoms with Crippen LogP contribution in [0.15, 0.2) is 48.9 Å². The maximum atomic E-state index is 5.23. The highest BCUT2D eigenvalue weighted by Crippen LogP contribution is 2.21. The summed E-state index contributed by atoms with van der Waals surface area (Å²) in [5.41, 5.74) is 1.22. The molecular weight excluding hydrogens is 226 g/mol. The Morgan fingerprint density at radius 2 is 2.11 bits per heavy atom. The van der Waals surface area contributed by atoms with Gasteiger partial charge in [0.2, 0.25) is 0 Å². The van der Waals surface area contributed by atoms with Crippen LogP contribution in [0.5, 0.6) is 5.75 Å². The summed E-state index contributed by atoms with van der Waals surface area (Å²) in [6.45, 7) is 1.79. The summed E-state index contributed by atoms with van der Waals surface area (Å²) in [7, 11) is 1.69. The summed E-state index contributed by atoms with van der Waals surface area (Å²) < 4.78 is 9.40. The Morgan fingerprint density at radius 1 is 1.17 bits per heavy atom. The lowest BCUT2D eigenvalue weighted by atomic mass is 10.2. The minimum Gasteiger partial charge on any atom is -0.497 e. The fourth-order valence-corrected chi connectivity index (χ4v) is 2.14. The Labute approximate surface area is 105 Å². The summed E-state index contributed by atoms with van der Waals surface area (Å²) in [5, 5.41) is 5.41. The van der Waals surface area contributed by atoms with Crippen LogP contribution in [0.1, 0.15) is 0 Å². The zero-order valence-corrected chi connectivity index (χ0v) is 10.3. The molecule has 18 heavy (non-hydrogen) atoms. The molecule has 92 valence electrons. The minimum absolute atomic E-state index is 0.878. The van der Waals surface area contributed by atoms with Gasteiger partial charge in [-0.25, -0.2) is 0 Å². The van der Waals surface area contributed by atoms with E-state index in [4.69, 9.17) is 4.74 Å². The first-order valence-electron chi connectivity index (χ1n) is 5.97. The lowest BCUT2D eigenvalue weighted by molar-refractivity contribution is 0.415. The lowest BCUT2D eigenvalue weighted by Gasteiger charge is -2.06. The van der Waals surface area contributed by atoms with Gasteiger partial charge in [-0.2, -0.15) is 5.10 Å². The van der Waals surface area contributed by atoms with E-state index >= 15 is 0 Å². The Kier molecular flexibility index (Phi) is 2.76. The number of aromatic nitrogens is 3. The second kappa shape index (κ2) is 4.56. The van der Waals surface area contributed by atoms with E-state index in [0.29, 0.717) is 0 Å². The largest absolute Gasteiger partial charge is 0.497 e. The zero-order chi connectivity index (χ0) is 12.4. The molecule has 0 N–H and O–H groups in total. The van der Waals surface area contributed by atoms with E-state index in [1.165, 1.54) is 10.9 Å². The summed E-state index contributed by atoms with van der Waals surface area (Å²) in [6, 6.07) is 10.2. The maximum Gasteiger partial charge on any atom is 0.119 e. The van der Waals surface area contributed by atoms with Gasteiger partial charge in [0.1, 0.15) is 5.75 Å². The van der Waals surface area contributed by atoms with Gasteiger partial charge in [-0.3, -0.25) is 4.68 Å². The molecule has 0 saturated heterocycles. The van der Waals surface area contributed by atoms with E-state index in [0.717, 1.165) is 18.8 Å². The summed E-state index contributed by atoms with van der Waals surface area (Å²) in [4.78, 5) is 0. The van der Waals surface area contributed by atoms with E-state index < -0.39 is 0 Å². The van der Waals surface area contributed by atoms with Crippen molar-refractivity contribution in [3.8, 4) is 5.75 Å². The first kappa shape index (κ1) is 10.9. The van der Waals surface area contributed by atoms with Gasteiger partial charge in [0.05, 0.1) is 13.7 Å². The van der Waals surface area contributed by atoms with E-state index in [1.54, 1.807) is 13.3 Å². The van der Waals surface area contributed by atoms with Crippen LogP contribution in [0.25, 0.3) is 10.9 Å². The Hall–Kier alpha value is -2.23. The molecule has 4 heteroatoms. The monoisotopic (exact) mass is 241 g/mol. The molecule has 0 bridgehead atoms. The number of fused-ring (bicyclic) bond motifs is 1. The van der Waals surface area contributed by atoms with Gasteiger partial charge in [0, 0.05) is 36.0 Å². The predicted molar refractivity (Wildman–Crippen MR) is 70.7 cm³/mol. The summed E-state index contributed by atoms with van der Waals surface area (Å²) in [5.74, 6) is 0.896. The van der Waals surface area contributed by atoms with Crippen molar-refractivity contribution in [2.45, 2.75) is 13.1 Å². The normalized spacial score (nSPS) is 10.9. The number of rotatable bonds is 4. The topological polar surface area (TPSA) is 32.0 Å². The van der Waals surface area contributed by atoms with Gasteiger partial charge in [-0.15, -0.1) is 0 Å². The van der Waals surface area contributed by atoms with Crippen molar-refractivity contribution < 1.29 is 4.74 Å². The Morgan fingerprint density at radius 3 is 2.89 bits per heavy atom. The molecule has 0 atom stereocenters. The van der Waals surface area contributed by atoms with E-state index in [9.17, 15) is 0 Å². The van der Waals surface area contributed by atoms with Crippen molar-refractivity contribution in [2.75, 3.05) is 7.11 Å². The molecule has 2 heterocycles. The van der Waals surface area contributed by atoms with Gasteiger partial charge in [0.15, 0.2) is 0 Å². The van der Waals surface area contributed by atoms with Crippen molar-refractivity contribution in [3.05, 3.63) is 48.9 Å². The number of hydrogen-bond donors (Lipinski definition) is 0. The summed E-state index contributed by atoms with van der Waals surface area (Å²) in [6.07, 6.45) is 5.89. The fraction of sp³-hybridized carbons (Fsp3) is 0.214. The second-order valence-electron chi connectivity index (χ2n) is 4.20. The zero-order valence-electron chi connectivity index (χ0n) is 10.3. The highest BCUT2D eigenvalue weighted by atomic mass is 16.5. The first-order valence-corrected chi connectivity index (χ1v) is 5.97. The van der Waals surface area contributed by atoms with Crippen molar-refractivity contribution in [1.82, 2.24) is 14.3 Å². The fourth-order valence-electron chi connectivity index (χ4n) is 2.14. The quantitative estimate of drug-likeness (QED) is 0.703. The van der Waals surface area contributed by atoms with Crippen molar-refractivity contribution in [1.29, 1.82) is 0 Å². The number of nitrogens with zero attached hydrogens (tertiary/aromatic N) is 3. The molecule has 0 fully saturated rings. The molecule has 0 aliphatic rings. The molecule has 0 saturated carbocycles. The van der Waals surface area contributed by atoms with Crippen LogP contribution in [0, 0.1) is 0 Å². The highest BCUT2D eigenvalue weighted by molar-refractivity contribution is 5.81. The van der Waals surface area contributed by atoms with Crippen LogP contribution in [-0.2, 0) is 13.1 Å². The molecule has 0 aliphatic carbocycles. The third-order valence-electron chi connectivity index (χ3n) is 3.11. The molecule has 2 aromatic heterocycles. The average Bonchev–Trinajstić information content (AvgIpc) is 3.05. The molecular formula is C14H15N3O. The number of methoxy groups -OCH3 is 1. The van der Waals surface area contributed by atoms with E-state index in [1.807, 2.05) is 23.0 Å². The Balaban J connectivity index is 1.84. The van der Waals surface area contributed by atoms with Gasteiger partial charge >= 0.3 is 0 Å². The second-order valence-corrected chi connectivity index (χ2v) is 4.20. The van der Waals surface area contributed by atoms with Crippen molar-refractivity contribution in [2.24, 2.45) is 0 Å². The third kappa shape index (κ3) is 1.97. The van der Waals surface area contributed by atoms with Crippen LogP contribution in [0.4, 0.5) is 0 Å². The van der Waals surface area contributed by atoms with E-state index in [-0.39, 0.29) is 0 Å². The molecule has 4 nitrogen and oxygen atoms in total. The minimum atomic E-state index is 0.878. The SMILES string of the molecule is COc1ccc2c(ccn2CCn2cccn2)c1. The molecule has 0 unspecified atom stereocenters. The van der Waals surface area contributed by atoms with Crippen LogP contribution in [0.2, 0.25) is 0 Å². The lowest BCUT2D eigenvalue weighted by Crippen LogP contribution is -2.06. The molecule has 0 amide bonds. The average molecular weight is 241 g/mol. The third-order valence-corrected chi connectivity index (χ3v) is 3.11. The number of aryl methyl sites for hydroxylation is 2. The predicted octanol–water partition coefficient (Wildman–Crippen LogP) is 2.55. The van der Waals surface area contributed by atoms with Crippen molar-refractivity contribution >= 4 is 10.9 Å². The Bertz CT molecular complexity index is 640. The molecule has 0 aliphatic heterocycles. The molecule has 1 aromatic carbocycles. The summed E-state index contributed by atoms with van der Waals surface area (Å²) >= 11 is 0. The number of ether oxygens (including phenoxy) is 1. The smallest absolute Gasteiger partial charge is 0.119 e. The van der Waals surface area contributed by atoms with Crippen molar-refractivity contribution in [3.63, 3.8) is 0 Å². The van der Waals surface area contributed by atoms with Gasteiger partial charge in [0.25, 0.3) is 0 Å². The van der Waals surface area contributed by atoms with Gasteiger partial charge in [-0.05, 0) is 30.3 Å². The molecule has 0 radical (unpaired) electrons.